The van der Waals surface area contributed by atoms with Crippen LogP contribution in [0.3, 0.4) is 0 Å². The minimum Gasteiger partial charge on any atom is -0.462 e. The molecule has 1 saturated carbocycles. The van der Waals surface area contributed by atoms with Crippen LogP contribution in [0.4, 0.5) is 8.78 Å². The van der Waals surface area contributed by atoms with E-state index in [1.54, 1.807) is 6.08 Å². The van der Waals surface area contributed by atoms with Crippen LogP contribution in [-0.2, 0) is 19.0 Å². The maximum atomic E-state index is 14.2. The summed E-state index contributed by atoms with van der Waals surface area (Å²) in [6.07, 6.45) is 7.74. The molecule has 2 aliphatic heterocycles. The predicted octanol–water partition coefficient (Wildman–Crippen LogP) is 4.62. The molecular weight excluding hydrogens is 342 g/mol. The molecular formula is C20H30F2O4. The van der Waals surface area contributed by atoms with Crippen molar-refractivity contribution in [3.63, 3.8) is 0 Å². The molecule has 3 fully saturated rings. The Bertz CT molecular complexity index is 502. The number of fused-ring (bicyclic) bond motifs is 1. The van der Waals surface area contributed by atoms with Crippen molar-refractivity contribution >= 4 is 5.97 Å². The van der Waals surface area contributed by atoms with Crippen molar-refractivity contribution < 1.29 is 27.8 Å². The van der Waals surface area contributed by atoms with Gasteiger partial charge in [-0.1, -0.05) is 25.8 Å². The number of halogens is 2. The lowest BCUT2D eigenvalue weighted by Crippen LogP contribution is -2.31. The number of ether oxygens (including phenoxy) is 3. The summed E-state index contributed by atoms with van der Waals surface area (Å²) in [5.41, 5.74) is 0. The molecule has 0 bridgehead atoms. The van der Waals surface area contributed by atoms with Crippen molar-refractivity contribution in [3.05, 3.63) is 12.2 Å². The maximum absolute atomic E-state index is 14.2. The van der Waals surface area contributed by atoms with E-state index in [-0.39, 0.29) is 49.1 Å². The molecule has 0 N–H and O–H groups in total. The molecule has 1 aliphatic carbocycles. The van der Waals surface area contributed by atoms with Crippen molar-refractivity contribution in [1.82, 2.24) is 0 Å². The highest BCUT2D eigenvalue weighted by Gasteiger charge is 2.50. The van der Waals surface area contributed by atoms with Gasteiger partial charge in [-0.25, -0.2) is 8.78 Å². The highest BCUT2D eigenvalue weighted by molar-refractivity contribution is 5.72. The van der Waals surface area contributed by atoms with Crippen molar-refractivity contribution in [3.8, 4) is 0 Å². The number of rotatable bonds is 8. The monoisotopic (exact) mass is 372 g/mol. The summed E-state index contributed by atoms with van der Waals surface area (Å²) in [5.74, 6) is -3.35. The second-order valence-electron chi connectivity index (χ2n) is 7.76. The number of esters is 1. The molecule has 5 unspecified atom stereocenters. The molecule has 0 aromatic carbocycles. The van der Waals surface area contributed by atoms with Crippen LogP contribution in [-0.4, -0.2) is 37.0 Å². The minimum absolute atomic E-state index is 0.0706. The van der Waals surface area contributed by atoms with Crippen molar-refractivity contribution in [2.45, 2.75) is 89.1 Å². The summed E-state index contributed by atoms with van der Waals surface area (Å²) >= 11 is 0. The van der Waals surface area contributed by atoms with E-state index in [9.17, 15) is 13.6 Å². The Balaban J connectivity index is 1.64. The zero-order chi connectivity index (χ0) is 18.6. The van der Waals surface area contributed by atoms with Gasteiger partial charge in [-0.3, -0.25) is 4.79 Å². The molecule has 0 aromatic rings. The summed E-state index contributed by atoms with van der Waals surface area (Å²) in [7, 11) is 0. The number of hydrogen-bond acceptors (Lipinski definition) is 4. The van der Waals surface area contributed by atoms with Gasteiger partial charge < -0.3 is 14.2 Å². The van der Waals surface area contributed by atoms with Crippen LogP contribution in [0.2, 0.25) is 0 Å². The summed E-state index contributed by atoms with van der Waals surface area (Å²) in [4.78, 5) is 11.6. The minimum atomic E-state index is -2.82. The average Bonchev–Trinajstić information content (AvgIpc) is 3.10. The number of unbranched alkanes of at least 4 members (excludes halogenated alkanes) is 2. The molecule has 3 rings (SSSR count). The van der Waals surface area contributed by atoms with Gasteiger partial charge in [-0.2, -0.15) is 0 Å². The third-order valence-electron chi connectivity index (χ3n) is 5.69. The Morgan fingerprint density at radius 3 is 2.88 bits per heavy atom. The normalized spacial score (nSPS) is 35.0. The molecule has 6 heteroatoms. The molecule has 0 radical (unpaired) electrons. The molecule has 0 spiro atoms. The second kappa shape index (κ2) is 8.79. The fourth-order valence-electron chi connectivity index (χ4n) is 4.27. The van der Waals surface area contributed by atoms with Crippen LogP contribution in [0.15, 0.2) is 12.2 Å². The van der Waals surface area contributed by atoms with Crippen LogP contribution < -0.4 is 0 Å². The number of allylic oxidation sites excluding steroid dienone is 1. The smallest absolute Gasteiger partial charge is 0.306 e. The molecule has 26 heavy (non-hydrogen) atoms. The van der Waals surface area contributed by atoms with Crippen molar-refractivity contribution in [1.29, 1.82) is 0 Å². The van der Waals surface area contributed by atoms with Gasteiger partial charge in [0.2, 0.25) is 0 Å². The lowest BCUT2D eigenvalue weighted by molar-refractivity contribution is -0.194. The van der Waals surface area contributed by atoms with Gasteiger partial charge in [-0.15, -0.1) is 0 Å². The second-order valence-corrected chi connectivity index (χ2v) is 7.76. The van der Waals surface area contributed by atoms with E-state index in [0.717, 1.165) is 38.2 Å². The summed E-state index contributed by atoms with van der Waals surface area (Å²) in [6.45, 7) is 2.67. The lowest BCUT2D eigenvalue weighted by Gasteiger charge is -2.29. The SMILES string of the molecule is CCCCCC(F)(F)C=CC1C(OC2CCCCO2)CC2OC(=O)CC21. The van der Waals surface area contributed by atoms with E-state index in [1.807, 2.05) is 6.92 Å². The Labute approximate surface area is 154 Å². The van der Waals surface area contributed by atoms with E-state index >= 15 is 0 Å². The number of carbonyl (C=O) groups excluding carboxylic acids is 1. The Morgan fingerprint density at radius 1 is 1.31 bits per heavy atom. The number of carbonyl (C=O) groups is 1. The van der Waals surface area contributed by atoms with E-state index in [0.29, 0.717) is 19.4 Å². The molecule has 0 amide bonds. The third kappa shape index (κ3) is 5.03. The van der Waals surface area contributed by atoms with E-state index < -0.39 is 5.92 Å². The summed E-state index contributed by atoms with van der Waals surface area (Å²) < 4.78 is 45.4. The first-order chi connectivity index (χ1) is 12.5. The summed E-state index contributed by atoms with van der Waals surface area (Å²) in [5, 5.41) is 0. The largest absolute Gasteiger partial charge is 0.462 e. The van der Waals surface area contributed by atoms with E-state index in [4.69, 9.17) is 14.2 Å². The molecule has 3 aliphatic rings. The molecule has 4 nitrogen and oxygen atoms in total. The van der Waals surface area contributed by atoms with Crippen LogP contribution in [0.1, 0.15) is 64.7 Å². The zero-order valence-corrected chi connectivity index (χ0v) is 15.5. The Kier molecular flexibility index (Phi) is 6.67. The molecule has 5 atom stereocenters. The number of alkyl halides is 2. The lowest BCUT2D eigenvalue weighted by atomic mass is 9.91. The first kappa shape index (κ1) is 19.7. The zero-order valence-electron chi connectivity index (χ0n) is 15.5. The van der Waals surface area contributed by atoms with Crippen LogP contribution in [0, 0.1) is 11.8 Å². The van der Waals surface area contributed by atoms with Crippen molar-refractivity contribution in [2.75, 3.05) is 6.61 Å². The highest BCUT2D eigenvalue weighted by Crippen LogP contribution is 2.44. The fourth-order valence-corrected chi connectivity index (χ4v) is 4.27. The topological polar surface area (TPSA) is 44.8 Å². The third-order valence-corrected chi connectivity index (χ3v) is 5.69. The Hall–Kier alpha value is -1.01. The van der Waals surface area contributed by atoms with E-state index in [1.165, 1.54) is 0 Å². The van der Waals surface area contributed by atoms with Gasteiger partial charge in [0.25, 0.3) is 5.92 Å². The van der Waals surface area contributed by atoms with Crippen LogP contribution in [0.25, 0.3) is 0 Å². The van der Waals surface area contributed by atoms with Gasteiger partial charge >= 0.3 is 5.97 Å². The van der Waals surface area contributed by atoms with Gasteiger partial charge in [0.05, 0.1) is 12.5 Å². The number of hydrogen-bond donors (Lipinski definition) is 0. The average molecular weight is 372 g/mol. The molecule has 148 valence electrons. The van der Waals surface area contributed by atoms with Gasteiger partial charge in [0, 0.05) is 31.3 Å². The van der Waals surface area contributed by atoms with E-state index in [2.05, 4.69) is 0 Å². The maximum Gasteiger partial charge on any atom is 0.306 e. The van der Waals surface area contributed by atoms with Gasteiger partial charge in [0.1, 0.15) is 6.10 Å². The quantitative estimate of drug-likeness (QED) is 0.354. The molecule has 2 heterocycles. The predicted molar refractivity (Wildman–Crippen MR) is 92.8 cm³/mol. The molecule has 0 aromatic heterocycles. The van der Waals surface area contributed by atoms with Crippen LogP contribution >= 0.6 is 0 Å². The van der Waals surface area contributed by atoms with Crippen LogP contribution in [0.5, 0.6) is 0 Å². The van der Waals surface area contributed by atoms with Gasteiger partial charge in [0.15, 0.2) is 6.29 Å². The molecule has 2 saturated heterocycles. The first-order valence-corrected chi connectivity index (χ1v) is 10.0. The van der Waals surface area contributed by atoms with Gasteiger partial charge in [-0.05, 0) is 31.8 Å². The van der Waals surface area contributed by atoms with Crippen molar-refractivity contribution in [2.24, 2.45) is 11.8 Å². The standard InChI is InChI=1S/C20H30F2O4/c1-2-3-5-9-20(21,22)10-8-14-15-12-18(23)25-17(15)13-16(14)26-19-7-4-6-11-24-19/h8,10,14-17,19H,2-7,9,11-13H2,1H3. The fraction of sp³-hybridized carbons (Fsp3) is 0.850. The Morgan fingerprint density at radius 2 is 2.15 bits per heavy atom. The first-order valence-electron chi connectivity index (χ1n) is 10.0. The highest BCUT2D eigenvalue weighted by atomic mass is 19.3. The summed E-state index contributed by atoms with van der Waals surface area (Å²) in [6, 6.07) is 0.